The summed E-state index contributed by atoms with van der Waals surface area (Å²) in [5.74, 6) is -0.0825. The van der Waals surface area contributed by atoms with Crippen LogP contribution < -0.4 is 11.5 Å². The molecule has 4 heteroatoms. The second kappa shape index (κ2) is 6.81. The van der Waals surface area contributed by atoms with E-state index in [0.717, 1.165) is 9.79 Å². The van der Waals surface area contributed by atoms with Crippen LogP contribution in [0.3, 0.4) is 0 Å². The standard InChI is InChI=1S/C20H18N2OS/c1-13-7-9-16(10-8-13)24-20-17(21)11-15(12-18(20)22)19(23)14-5-3-2-4-6-14/h2-12H,21-22H2,1H3. The van der Waals surface area contributed by atoms with Crippen molar-refractivity contribution in [2.24, 2.45) is 0 Å². The van der Waals surface area contributed by atoms with Crippen molar-refractivity contribution < 1.29 is 4.79 Å². The number of rotatable bonds is 4. The SMILES string of the molecule is Cc1ccc(Sc2c(N)cc(C(=O)c3ccccc3)cc2N)cc1. The smallest absolute Gasteiger partial charge is 0.193 e. The third-order valence-electron chi connectivity index (χ3n) is 3.69. The van der Waals surface area contributed by atoms with Gasteiger partial charge in [-0.25, -0.2) is 0 Å². The van der Waals surface area contributed by atoms with Gasteiger partial charge >= 0.3 is 0 Å². The van der Waals surface area contributed by atoms with Crippen molar-refractivity contribution in [3.63, 3.8) is 0 Å². The average Bonchev–Trinajstić information content (AvgIpc) is 2.59. The summed E-state index contributed by atoms with van der Waals surface area (Å²) in [6.45, 7) is 2.04. The number of benzene rings is 3. The van der Waals surface area contributed by atoms with Gasteiger partial charge in [-0.05, 0) is 31.2 Å². The number of aryl methyl sites for hydroxylation is 1. The molecule has 3 rings (SSSR count). The van der Waals surface area contributed by atoms with Gasteiger partial charge in [0.1, 0.15) is 0 Å². The molecule has 0 fully saturated rings. The second-order valence-electron chi connectivity index (χ2n) is 5.59. The molecule has 0 atom stereocenters. The van der Waals surface area contributed by atoms with E-state index in [1.807, 2.05) is 49.4 Å². The molecule has 0 heterocycles. The predicted octanol–water partition coefficient (Wildman–Crippen LogP) is 4.54. The lowest BCUT2D eigenvalue weighted by molar-refractivity contribution is 0.103. The summed E-state index contributed by atoms with van der Waals surface area (Å²) >= 11 is 1.50. The Hall–Kier alpha value is -2.72. The fraction of sp³-hybridized carbons (Fsp3) is 0.0500. The van der Waals surface area contributed by atoms with Gasteiger partial charge in [-0.2, -0.15) is 0 Å². The molecule has 0 aliphatic rings. The highest BCUT2D eigenvalue weighted by molar-refractivity contribution is 7.99. The lowest BCUT2D eigenvalue weighted by Gasteiger charge is -2.11. The number of hydrogen-bond donors (Lipinski definition) is 2. The van der Waals surface area contributed by atoms with Gasteiger partial charge in [-0.1, -0.05) is 59.8 Å². The Bertz CT molecular complexity index is 851. The van der Waals surface area contributed by atoms with Crippen LogP contribution in [0.1, 0.15) is 21.5 Å². The molecule has 0 unspecified atom stereocenters. The van der Waals surface area contributed by atoms with Crippen molar-refractivity contribution in [2.45, 2.75) is 16.7 Å². The van der Waals surface area contributed by atoms with Crippen LogP contribution in [0, 0.1) is 6.92 Å². The molecule has 0 saturated heterocycles. The molecule has 4 N–H and O–H groups in total. The van der Waals surface area contributed by atoms with Gasteiger partial charge in [0.15, 0.2) is 5.78 Å². The summed E-state index contributed by atoms with van der Waals surface area (Å²) < 4.78 is 0. The van der Waals surface area contributed by atoms with Crippen LogP contribution in [-0.4, -0.2) is 5.78 Å². The quantitative estimate of drug-likeness (QED) is 0.543. The molecule has 0 bridgehead atoms. The zero-order valence-corrected chi connectivity index (χ0v) is 14.1. The first-order valence-corrected chi connectivity index (χ1v) is 8.39. The maximum atomic E-state index is 12.5. The minimum absolute atomic E-state index is 0.0825. The van der Waals surface area contributed by atoms with Gasteiger partial charge < -0.3 is 11.5 Å². The number of hydrogen-bond acceptors (Lipinski definition) is 4. The first-order chi connectivity index (χ1) is 11.5. The van der Waals surface area contributed by atoms with Crippen LogP contribution in [0.15, 0.2) is 76.5 Å². The highest BCUT2D eigenvalue weighted by Crippen LogP contribution is 2.37. The molecule has 120 valence electrons. The monoisotopic (exact) mass is 334 g/mol. The van der Waals surface area contributed by atoms with Crippen LogP contribution in [-0.2, 0) is 0 Å². The lowest BCUT2D eigenvalue weighted by atomic mass is 10.0. The van der Waals surface area contributed by atoms with E-state index in [0.29, 0.717) is 22.5 Å². The first-order valence-electron chi connectivity index (χ1n) is 7.58. The third kappa shape index (κ3) is 3.44. The molecule has 0 radical (unpaired) electrons. The second-order valence-corrected chi connectivity index (χ2v) is 6.68. The normalized spacial score (nSPS) is 10.5. The topological polar surface area (TPSA) is 69.1 Å². The molecule has 3 nitrogen and oxygen atoms in total. The predicted molar refractivity (Wildman–Crippen MR) is 100 cm³/mol. The molecule has 0 amide bonds. The van der Waals surface area contributed by atoms with Gasteiger partial charge in [-0.15, -0.1) is 0 Å². The number of ketones is 1. The molecule has 24 heavy (non-hydrogen) atoms. The molecular weight excluding hydrogens is 316 g/mol. The van der Waals surface area contributed by atoms with Crippen molar-refractivity contribution in [1.82, 2.24) is 0 Å². The third-order valence-corrected chi connectivity index (χ3v) is 4.87. The summed E-state index contributed by atoms with van der Waals surface area (Å²) in [5.41, 5.74) is 15.7. The molecule has 3 aromatic carbocycles. The van der Waals surface area contributed by atoms with E-state index in [1.54, 1.807) is 24.3 Å². The van der Waals surface area contributed by atoms with Crippen LogP contribution in [0.2, 0.25) is 0 Å². The number of carbonyl (C=O) groups excluding carboxylic acids is 1. The van der Waals surface area contributed by atoms with E-state index in [9.17, 15) is 4.79 Å². The summed E-state index contributed by atoms with van der Waals surface area (Å²) in [6, 6.07) is 20.6. The van der Waals surface area contributed by atoms with E-state index in [-0.39, 0.29) is 5.78 Å². The lowest BCUT2D eigenvalue weighted by Crippen LogP contribution is -2.05. The molecule has 0 spiro atoms. The van der Waals surface area contributed by atoms with E-state index >= 15 is 0 Å². The summed E-state index contributed by atoms with van der Waals surface area (Å²) in [5, 5.41) is 0. The minimum Gasteiger partial charge on any atom is -0.398 e. The Balaban J connectivity index is 1.91. The summed E-state index contributed by atoms with van der Waals surface area (Å²) in [7, 11) is 0. The largest absolute Gasteiger partial charge is 0.398 e. The average molecular weight is 334 g/mol. The van der Waals surface area contributed by atoms with E-state index in [1.165, 1.54) is 17.3 Å². The van der Waals surface area contributed by atoms with Crippen molar-refractivity contribution in [1.29, 1.82) is 0 Å². The zero-order chi connectivity index (χ0) is 17.1. The maximum Gasteiger partial charge on any atom is 0.193 e. The van der Waals surface area contributed by atoms with Crippen LogP contribution in [0.4, 0.5) is 11.4 Å². The molecule has 0 aliphatic heterocycles. The maximum absolute atomic E-state index is 12.5. The zero-order valence-electron chi connectivity index (χ0n) is 13.3. The molecule has 0 saturated carbocycles. The minimum atomic E-state index is -0.0825. The van der Waals surface area contributed by atoms with Gasteiger partial charge in [0.05, 0.1) is 4.90 Å². The first kappa shape index (κ1) is 16.1. The Morgan fingerprint density at radius 2 is 1.42 bits per heavy atom. The summed E-state index contributed by atoms with van der Waals surface area (Å²) in [4.78, 5) is 14.4. The molecule has 3 aromatic rings. The van der Waals surface area contributed by atoms with E-state index in [4.69, 9.17) is 11.5 Å². The van der Waals surface area contributed by atoms with Crippen molar-refractivity contribution in [2.75, 3.05) is 11.5 Å². The Kier molecular flexibility index (Phi) is 4.58. The Morgan fingerprint density at radius 3 is 2.00 bits per heavy atom. The number of carbonyl (C=O) groups is 1. The molecule has 0 aromatic heterocycles. The van der Waals surface area contributed by atoms with Crippen LogP contribution >= 0.6 is 11.8 Å². The van der Waals surface area contributed by atoms with Gasteiger partial charge in [0.25, 0.3) is 0 Å². The highest BCUT2D eigenvalue weighted by atomic mass is 32.2. The summed E-state index contributed by atoms with van der Waals surface area (Å²) in [6.07, 6.45) is 0. The fourth-order valence-electron chi connectivity index (χ4n) is 2.40. The van der Waals surface area contributed by atoms with Gasteiger partial charge in [0.2, 0.25) is 0 Å². The van der Waals surface area contributed by atoms with Gasteiger partial charge in [0, 0.05) is 27.4 Å². The number of nitrogen functional groups attached to an aromatic ring is 2. The Morgan fingerprint density at radius 1 is 0.833 bits per heavy atom. The molecule has 0 aliphatic carbocycles. The van der Waals surface area contributed by atoms with Crippen LogP contribution in [0.5, 0.6) is 0 Å². The highest BCUT2D eigenvalue weighted by Gasteiger charge is 2.14. The fourth-order valence-corrected chi connectivity index (χ4v) is 3.27. The van der Waals surface area contributed by atoms with Crippen molar-refractivity contribution in [3.8, 4) is 0 Å². The number of nitrogens with two attached hydrogens (primary N) is 2. The van der Waals surface area contributed by atoms with Crippen molar-refractivity contribution in [3.05, 3.63) is 83.4 Å². The number of anilines is 2. The van der Waals surface area contributed by atoms with E-state index < -0.39 is 0 Å². The van der Waals surface area contributed by atoms with Crippen molar-refractivity contribution >= 4 is 28.9 Å². The Labute approximate surface area is 145 Å². The van der Waals surface area contributed by atoms with Gasteiger partial charge in [-0.3, -0.25) is 4.79 Å². The van der Waals surface area contributed by atoms with Crippen LogP contribution in [0.25, 0.3) is 0 Å². The van der Waals surface area contributed by atoms with E-state index in [2.05, 4.69) is 0 Å². The molecular formula is C20H18N2OS.